The summed E-state index contributed by atoms with van der Waals surface area (Å²) in [5.74, 6) is 0.567. The van der Waals surface area contributed by atoms with Crippen LogP contribution in [0.2, 0.25) is 0 Å². The molecule has 180 valence electrons. The van der Waals surface area contributed by atoms with Crippen LogP contribution in [-0.2, 0) is 23.3 Å². The van der Waals surface area contributed by atoms with E-state index in [0.29, 0.717) is 12.5 Å². The fraction of sp³-hybridized carbons (Fsp3) is 0.406. The number of nitriles is 1. The van der Waals surface area contributed by atoms with E-state index in [1.165, 1.54) is 16.7 Å². The standard InChI is InChI=1S/C32H36N2O/c33-25-32(28-15-8-3-9-16-28,29-19-21-34(22-20-29)23-26-11-4-1-5-12-26)30-17-10-18-31(30)35-24-27-13-6-2-7-14-27/h1-9,11-16,29-31H,10,17-24H2/t30-,31-,32+/m0/s1. The average molecular weight is 465 g/mol. The Hall–Kier alpha value is -2.93. The van der Waals surface area contributed by atoms with Crippen molar-refractivity contribution in [3.63, 3.8) is 0 Å². The molecular weight excluding hydrogens is 428 g/mol. The average Bonchev–Trinajstić information content (AvgIpc) is 3.40. The molecule has 2 aliphatic rings. The smallest absolute Gasteiger partial charge is 0.0904 e. The highest BCUT2D eigenvalue weighted by Crippen LogP contribution is 2.51. The third-order valence-electron chi connectivity index (χ3n) is 8.26. The minimum Gasteiger partial charge on any atom is -0.373 e. The summed E-state index contributed by atoms with van der Waals surface area (Å²) in [6.07, 6.45) is 5.46. The molecule has 0 unspecified atom stereocenters. The van der Waals surface area contributed by atoms with Crippen molar-refractivity contribution in [2.24, 2.45) is 11.8 Å². The molecule has 1 heterocycles. The lowest BCUT2D eigenvalue weighted by molar-refractivity contribution is -0.0170. The van der Waals surface area contributed by atoms with Gasteiger partial charge in [0.1, 0.15) is 0 Å². The highest BCUT2D eigenvalue weighted by Gasteiger charge is 2.52. The predicted octanol–water partition coefficient (Wildman–Crippen LogP) is 6.75. The van der Waals surface area contributed by atoms with Crippen molar-refractivity contribution in [3.8, 4) is 6.07 Å². The van der Waals surface area contributed by atoms with Gasteiger partial charge in [0.05, 0.1) is 24.2 Å². The zero-order valence-corrected chi connectivity index (χ0v) is 20.6. The van der Waals surface area contributed by atoms with E-state index in [2.05, 4.69) is 95.9 Å². The molecule has 0 radical (unpaired) electrons. The van der Waals surface area contributed by atoms with Gasteiger partial charge in [-0.3, -0.25) is 4.90 Å². The molecule has 3 nitrogen and oxygen atoms in total. The molecule has 3 aromatic carbocycles. The van der Waals surface area contributed by atoms with Crippen LogP contribution < -0.4 is 0 Å². The van der Waals surface area contributed by atoms with Crippen LogP contribution in [0.25, 0.3) is 0 Å². The summed E-state index contributed by atoms with van der Waals surface area (Å²) >= 11 is 0. The number of likely N-dealkylation sites (tertiary alicyclic amines) is 1. The van der Waals surface area contributed by atoms with Gasteiger partial charge in [0.15, 0.2) is 0 Å². The van der Waals surface area contributed by atoms with Gasteiger partial charge in [0, 0.05) is 12.5 Å². The van der Waals surface area contributed by atoms with Gasteiger partial charge in [-0.05, 0) is 61.4 Å². The third kappa shape index (κ3) is 5.20. The van der Waals surface area contributed by atoms with E-state index in [1.807, 2.05) is 6.07 Å². The van der Waals surface area contributed by atoms with Crippen LogP contribution in [-0.4, -0.2) is 24.1 Å². The lowest BCUT2D eigenvalue weighted by Crippen LogP contribution is -2.49. The molecule has 1 aliphatic heterocycles. The van der Waals surface area contributed by atoms with E-state index in [1.54, 1.807) is 0 Å². The van der Waals surface area contributed by atoms with Crippen LogP contribution in [0, 0.1) is 23.2 Å². The maximum atomic E-state index is 10.9. The molecule has 2 fully saturated rings. The topological polar surface area (TPSA) is 36.3 Å². The maximum absolute atomic E-state index is 10.9. The number of benzene rings is 3. The van der Waals surface area contributed by atoms with Crippen LogP contribution in [0.1, 0.15) is 48.8 Å². The van der Waals surface area contributed by atoms with E-state index in [-0.39, 0.29) is 12.0 Å². The first kappa shape index (κ1) is 23.8. The fourth-order valence-electron chi connectivity index (χ4n) is 6.52. The molecule has 35 heavy (non-hydrogen) atoms. The van der Waals surface area contributed by atoms with Gasteiger partial charge in [-0.15, -0.1) is 0 Å². The second-order valence-corrected chi connectivity index (χ2v) is 10.3. The van der Waals surface area contributed by atoms with Gasteiger partial charge in [0.25, 0.3) is 0 Å². The van der Waals surface area contributed by atoms with Crippen molar-refractivity contribution >= 4 is 0 Å². The van der Waals surface area contributed by atoms with E-state index < -0.39 is 5.41 Å². The van der Waals surface area contributed by atoms with Gasteiger partial charge < -0.3 is 4.74 Å². The van der Waals surface area contributed by atoms with E-state index in [0.717, 1.165) is 51.7 Å². The molecule has 0 aromatic heterocycles. The van der Waals surface area contributed by atoms with Crippen LogP contribution in [0.3, 0.4) is 0 Å². The van der Waals surface area contributed by atoms with E-state index in [9.17, 15) is 5.26 Å². The minimum absolute atomic E-state index is 0.123. The van der Waals surface area contributed by atoms with Crippen LogP contribution in [0.4, 0.5) is 0 Å². The summed E-state index contributed by atoms with van der Waals surface area (Å²) in [7, 11) is 0. The molecule has 3 aromatic rings. The first-order chi connectivity index (χ1) is 17.3. The van der Waals surface area contributed by atoms with Gasteiger partial charge in [-0.1, -0.05) is 97.4 Å². The third-order valence-corrected chi connectivity index (χ3v) is 8.26. The Morgan fingerprint density at radius 3 is 2.00 bits per heavy atom. The molecule has 3 atom stereocenters. The second kappa shape index (κ2) is 11.2. The monoisotopic (exact) mass is 464 g/mol. The highest BCUT2D eigenvalue weighted by molar-refractivity contribution is 5.36. The zero-order valence-electron chi connectivity index (χ0n) is 20.6. The second-order valence-electron chi connectivity index (χ2n) is 10.3. The molecule has 0 bridgehead atoms. The van der Waals surface area contributed by atoms with E-state index >= 15 is 0 Å². The number of nitrogens with zero attached hydrogens (tertiary/aromatic N) is 2. The molecule has 5 rings (SSSR count). The molecular formula is C32H36N2O. The maximum Gasteiger partial charge on any atom is 0.0904 e. The molecule has 1 aliphatic carbocycles. The largest absolute Gasteiger partial charge is 0.373 e. The quantitative estimate of drug-likeness (QED) is 0.370. The Morgan fingerprint density at radius 1 is 0.771 bits per heavy atom. The number of rotatable bonds is 8. The summed E-state index contributed by atoms with van der Waals surface area (Å²) < 4.78 is 6.56. The van der Waals surface area contributed by atoms with Crippen LogP contribution in [0.15, 0.2) is 91.0 Å². The van der Waals surface area contributed by atoms with Crippen LogP contribution >= 0.6 is 0 Å². The Labute approximate surface area is 210 Å². The summed E-state index contributed by atoms with van der Waals surface area (Å²) in [5, 5.41) is 10.9. The van der Waals surface area contributed by atoms with Gasteiger partial charge in [-0.25, -0.2) is 0 Å². The molecule has 0 spiro atoms. The Morgan fingerprint density at radius 2 is 1.37 bits per heavy atom. The Balaban J connectivity index is 1.36. The number of hydrogen-bond acceptors (Lipinski definition) is 3. The molecule has 0 amide bonds. The van der Waals surface area contributed by atoms with Crippen molar-refractivity contribution in [3.05, 3.63) is 108 Å². The molecule has 1 saturated carbocycles. The highest BCUT2D eigenvalue weighted by atomic mass is 16.5. The summed E-state index contributed by atoms with van der Waals surface area (Å²) in [6.45, 7) is 3.69. The number of hydrogen-bond donors (Lipinski definition) is 0. The Bertz CT molecular complexity index is 1090. The van der Waals surface area contributed by atoms with Gasteiger partial charge >= 0.3 is 0 Å². The van der Waals surface area contributed by atoms with Crippen molar-refractivity contribution in [2.45, 2.75) is 56.8 Å². The first-order valence-corrected chi connectivity index (χ1v) is 13.2. The normalized spacial score (nSPS) is 22.9. The van der Waals surface area contributed by atoms with Crippen molar-refractivity contribution < 1.29 is 4.74 Å². The van der Waals surface area contributed by atoms with Gasteiger partial charge in [-0.2, -0.15) is 5.26 Å². The number of ether oxygens (including phenoxy) is 1. The van der Waals surface area contributed by atoms with Crippen LogP contribution in [0.5, 0.6) is 0 Å². The fourth-order valence-corrected chi connectivity index (χ4v) is 6.52. The molecule has 0 N–H and O–H groups in total. The van der Waals surface area contributed by atoms with Gasteiger partial charge in [0.2, 0.25) is 0 Å². The summed E-state index contributed by atoms with van der Waals surface area (Å²) in [4.78, 5) is 2.55. The zero-order chi connectivity index (χ0) is 23.9. The lowest BCUT2D eigenvalue weighted by Gasteiger charge is -2.46. The van der Waals surface area contributed by atoms with Crippen molar-refractivity contribution in [1.82, 2.24) is 4.90 Å². The Kier molecular flexibility index (Phi) is 7.62. The summed E-state index contributed by atoms with van der Waals surface area (Å²) in [5.41, 5.74) is 3.25. The number of piperidine rings is 1. The SMILES string of the molecule is N#C[C@@](c1ccccc1)(C1CCN(Cc2ccccc2)CC1)[C@H]1CCC[C@@H]1OCc1ccccc1. The van der Waals surface area contributed by atoms with Crippen molar-refractivity contribution in [2.75, 3.05) is 13.1 Å². The molecule has 3 heteroatoms. The van der Waals surface area contributed by atoms with E-state index in [4.69, 9.17) is 4.74 Å². The molecule has 1 saturated heterocycles. The first-order valence-electron chi connectivity index (χ1n) is 13.2. The minimum atomic E-state index is -0.502. The lowest BCUT2D eigenvalue weighted by atomic mass is 9.59. The predicted molar refractivity (Wildman–Crippen MR) is 141 cm³/mol. The van der Waals surface area contributed by atoms with Crippen molar-refractivity contribution in [1.29, 1.82) is 5.26 Å². The summed E-state index contributed by atoms with van der Waals surface area (Å²) in [6, 6.07) is 34.7.